The summed E-state index contributed by atoms with van der Waals surface area (Å²) in [5, 5.41) is 0. The number of alkyl halides is 3. The predicted octanol–water partition coefficient (Wildman–Crippen LogP) is 4.16. The molecule has 0 radical (unpaired) electrons. The normalized spacial score (nSPS) is 16.4. The van der Waals surface area contributed by atoms with Crippen molar-refractivity contribution >= 4 is 16.0 Å². The van der Waals surface area contributed by atoms with Crippen LogP contribution >= 0.6 is 0 Å². The summed E-state index contributed by atoms with van der Waals surface area (Å²) in [4.78, 5) is 11.9. The number of aryl methyl sites for hydroxylation is 1. The standard InChI is InChI=1S/C21H22F3NO4S/c1-15-4-2-5-16(12-15)14-29-20(26)17-8-10-25(11-9-17)30(27,28)19-7-3-6-18(13-19)21(22,23)24/h2-7,12-13,17H,8-11,14H2,1H3. The van der Waals surface area contributed by atoms with E-state index in [4.69, 9.17) is 4.74 Å². The highest BCUT2D eigenvalue weighted by Gasteiger charge is 2.35. The minimum absolute atomic E-state index is 0.0444. The summed E-state index contributed by atoms with van der Waals surface area (Å²) in [7, 11) is -4.07. The summed E-state index contributed by atoms with van der Waals surface area (Å²) in [5.74, 6) is -0.838. The van der Waals surface area contributed by atoms with E-state index in [0.29, 0.717) is 6.07 Å². The third-order valence-corrected chi connectivity index (χ3v) is 6.94. The Morgan fingerprint density at radius 2 is 1.77 bits per heavy atom. The van der Waals surface area contributed by atoms with Crippen molar-refractivity contribution in [1.29, 1.82) is 0 Å². The lowest BCUT2D eigenvalue weighted by Gasteiger charge is -2.30. The van der Waals surface area contributed by atoms with Crippen molar-refractivity contribution in [3.05, 3.63) is 65.2 Å². The van der Waals surface area contributed by atoms with Gasteiger partial charge in [-0.25, -0.2) is 8.42 Å². The molecule has 0 unspecified atom stereocenters. The first-order valence-corrected chi connectivity index (χ1v) is 10.9. The number of halogens is 3. The van der Waals surface area contributed by atoms with E-state index in [1.165, 1.54) is 0 Å². The maximum atomic E-state index is 12.9. The van der Waals surface area contributed by atoms with E-state index in [9.17, 15) is 26.4 Å². The molecule has 30 heavy (non-hydrogen) atoms. The molecule has 0 spiro atoms. The van der Waals surface area contributed by atoms with Crippen LogP contribution in [-0.2, 0) is 32.3 Å². The summed E-state index contributed by atoms with van der Waals surface area (Å²) in [5.41, 5.74) is 0.905. The zero-order chi connectivity index (χ0) is 21.9. The lowest BCUT2D eigenvalue weighted by atomic mass is 9.98. The molecule has 0 amide bonds. The van der Waals surface area contributed by atoms with Gasteiger partial charge in [0.1, 0.15) is 6.61 Å². The fourth-order valence-electron chi connectivity index (χ4n) is 3.39. The molecular weight excluding hydrogens is 419 g/mol. The number of hydrogen-bond acceptors (Lipinski definition) is 4. The number of hydrogen-bond donors (Lipinski definition) is 0. The average molecular weight is 441 g/mol. The van der Waals surface area contributed by atoms with E-state index in [1.54, 1.807) is 0 Å². The second-order valence-electron chi connectivity index (χ2n) is 7.30. The van der Waals surface area contributed by atoms with Crippen LogP contribution in [0.3, 0.4) is 0 Å². The van der Waals surface area contributed by atoms with Crippen LogP contribution in [0.2, 0.25) is 0 Å². The quantitative estimate of drug-likeness (QED) is 0.654. The van der Waals surface area contributed by atoms with Crippen molar-refractivity contribution in [2.75, 3.05) is 13.1 Å². The number of piperidine rings is 1. The van der Waals surface area contributed by atoms with Crippen LogP contribution < -0.4 is 0 Å². The van der Waals surface area contributed by atoms with Gasteiger partial charge in [-0.3, -0.25) is 4.79 Å². The Balaban J connectivity index is 1.60. The van der Waals surface area contributed by atoms with E-state index in [-0.39, 0.29) is 32.5 Å². The Labute approximate surface area is 173 Å². The van der Waals surface area contributed by atoms with E-state index >= 15 is 0 Å². The minimum Gasteiger partial charge on any atom is -0.461 e. The number of benzene rings is 2. The fraction of sp³-hybridized carbons (Fsp3) is 0.381. The van der Waals surface area contributed by atoms with Gasteiger partial charge < -0.3 is 4.74 Å². The minimum atomic E-state index is -4.63. The van der Waals surface area contributed by atoms with Crippen LogP contribution in [0.4, 0.5) is 13.2 Å². The zero-order valence-electron chi connectivity index (χ0n) is 16.4. The highest BCUT2D eigenvalue weighted by molar-refractivity contribution is 7.89. The van der Waals surface area contributed by atoms with Gasteiger partial charge in [0, 0.05) is 13.1 Å². The first-order chi connectivity index (χ1) is 14.1. The largest absolute Gasteiger partial charge is 0.461 e. The molecule has 9 heteroatoms. The van der Waals surface area contributed by atoms with E-state index < -0.39 is 38.5 Å². The van der Waals surface area contributed by atoms with Crippen LogP contribution in [0.5, 0.6) is 0 Å². The van der Waals surface area contributed by atoms with Gasteiger partial charge in [-0.2, -0.15) is 17.5 Å². The third-order valence-electron chi connectivity index (χ3n) is 5.05. The molecule has 1 saturated heterocycles. The Kier molecular flexibility index (Phi) is 6.52. The second kappa shape index (κ2) is 8.77. The maximum absolute atomic E-state index is 12.9. The summed E-state index contributed by atoms with van der Waals surface area (Å²) >= 11 is 0. The molecule has 1 aliphatic rings. The number of rotatable bonds is 5. The fourth-order valence-corrected chi connectivity index (χ4v) is 4.90. The lowest BCUT2D eigenvalue weighted by Crippen LogP contribution is -2.40. The number of carbonyl (C=O) groups excluding carboxylic acids is 1. The van der Waals surface area contributed by atoms with Crippen LogP contribution in [0.25, 0.3) is 0 Å². The highest BCUT2D eigenvalue weighted by Crippen LogP contribution is 2.32. The van der Waals surface area contributed by atoms with Crippen LogP contribution in [0.15, 0.2) is 53.4 Å². The predicted molar refractivity (Wildman–Crippen MR) is 104 cm³/mol. The average Bonchev–Trinajstić information content (AvgIpc) is 2.71. The van der Waals surface area contributed by atoms with Gasteiger partial charge in [-0.05, 0) is 43.5 Å². The smallest absolute Gasteiger partial charge is 0.416 e. The molecule has 2 aromatic rings. The van der Waals surface area contributed by atoms with Crippen LogP contribution in [0.1, 0.15) is 29.5 Å². The van der Waals surface area contributed by atoms with Crippen molar-refractivity contribution in [3.63, 3.8) is 0 Å². The van der Waals surface area contributed by atoms with Crippen molar-refractivity contribution in [2.45, 2.75) is 37.4 Å². The first-order valence-electron chi connectivity index (χ1n) is 9.47. The molecule has 3 rings (SSSR count). The molecular formula is C21H22F3NO4S. The summed E-state index contributed by atoms with van der Waals surface area (Å²) in [6.07, 6.45) is -4.12. The second-order valence-corrected chi connectivity index (χ2v) is 9.24. The van der Waals surface area contributed by atoms with Gasteiger partial charge in [-0.1, -0.05) is 35.9 Å². The molecule has 5 nitrogen and oxygen atoms in total. The van der Waals surface area contributed by atoms with Gasteiger partial charge in [-0.15, -0.1) is 0 Å². The Morgan fingerprint density at radius 1 is 1.10 bits per heavy atom. The lowest BCUT2D eigenvalue weighted by molar-refractivity contribution is -0.151. The molecule has 0 N–H and O–H groups in total. The van der Waals surface area contributed by atoms with Crippen LogP contribution in [-0.4, -0.2) is 31.8 Å². The number of carbonyl (C=O) groups is 1. The number of sulfonamides is 1. The Bertz CT molecular complexity index is 1010. The third kappa shape index (κ3) is 5.20. The molecule has 0 aromatic heterocycles. The Hall–Kier alpha value is -2.39. The van der Waals surface area contributed by atoms with E-state index in [0.717, 1.165) is 33.6 Å². The molecule has 1 heterocycles. The van der Waals surface area contributed by atoms with E-state index in [1.807, 2.05) is 31.2 Å². The molecule has 2 aromatic carbocycles. The number of esters is 1. The number of nitrogens with zero attached hydrogens (tertiary/aromatic N) is 1. The molecule has 0 atom stereocenters. The SMILES string of the molecule is Cc1cccc(COC(=O)C2CCN(S(=O)(=O)c3cccc(C(F)(F)F)c3)CC2)c1. The Morgan fingerprint density at radius 3 is 2.40 bits per heavy atom. The van der Waals surface area contributed by atoms with Crippen molar-refractivity contribution in [3.8, 4) is 0 Å². The molecule has 1 aliphatic heterocycles. The van der Waals surface area contributed by atoms with Crippen LogP contribution in [0, 0.1) is 12.8 Å². The zero-order valence-corrected chi connectivity index (χ0v) is 17.2. The first kappa shape index (κ1) is 22.3. The van der Waals surface area contributed by atoms with Gasteiger partial charge in [0.2, 0.25) is 10.0 Å². The van der Waals surface area contributed by atoms with Gasteiger partial charge in [0.15, 0.2) is 0 Å². The van der Waals surface area contributed by atoms with Crippen molar-refractivity contribution in [2.24, 2.45) is 5.92 Å². The topological polar surface area (TPSA) is 63.7 Å². The number of ether oxygens (including phenoxy) is 1. The summed E-state index contributed by atoms with van der Waals surface area (Å²) < 4.78 is 70.6. The summed E-state index contributed by atoms with van der Waals surface area (Å²) in [6, 6.07) is 11.3. The molecule has 162 valence electrons. The monoisotopic (exact) mass is 441 g/mol. The molecule has 0 aliphatic carbocycles. The van der Waals surface area contributed by atoms with Gasteiger partial charge in [0.25, 0.3) is 0 Å². The summed E-state index contributed by atoms with van der Waals surface area (Å²) in [6.45, 7) is 2.17. The molecule has 0 saturated carbocycles. The van der Waals surface area contributed by atoms with Gasteiger partial charge >= 0.3 is 12.1 Å². The maximum Gasteiger partial charge on any atom is 0.416 e. The molecule has 1 fully saturated rings. The van der Waals surface area contributed by atoms with E-state index in [2.05, 4.69) is 0 Å². The van der Waals surface area contributed by atoms with Gasteiger partial charge in [0.05, 0.1) is 16.4 Å². The molecule has 0 bridgehead atoms. The van der Waals surface area contributed by atoms with Crippen molar-refractivity contribution in [1.82, 2.24) is 4.31 Å². The van der Waals surface area contributed by atoms with Crippen molar-refractivity contribution < 1.29 is 31.1 Å². The highest BCUT2D eigenvalue weighted by atomic mass is 32.2.